The molecule has 0 bridgehead atoms. The molecular formula is C26H26O8S. The summed E-state index contributed by atoms with van der Waals surface area (Å²) >= 11 is 0. The van der Waals surface area contributed by atoms with E-state index in [1.54, 1.807) is 42.5 Å². The first-order valence-corrected chi connectivity index (χ1v) is 12.5. The average molecular weight is 499 g/mol. The molecule has 9 heteroatoms. The Morgan fingerprint density at radius 2 is 1.54 bits per heavy atom. The summed E-state index contributed by atoms with van der Waals surface area (Å²) in [4.78, 5) is 12.3. The van der Waals surface area contributed by atoms with Gasteiger partial charge in [0, 0.05) is 0 Å². The summed E-state index contributed by atoms with van der Waals surface area (Å²) in [6.45, 7) is 1.58. The summed E-state index contributed by atoms with van der Waals surface area (Å²) in [5, 5.41) is 10.5. The number of aliphatic hydroxyl groups is 1. The Morgan fingerprint density at radius 1 is 0.914 bits per heavy atom. The van der Waals surface area contributed by atoms with Crippen molar-refractivity contribution < 1.29 is 36.7 Å². The Balaban J connectivity index is 1.52. The average Bonchev–Trinajstić information content (AvgIpc) is 3.15. The molecule has 3 aromatic carbocycles. The molecule has 8 nitrogen and oxygen atoms in total. The third-order valence-electron chi connectivity index (χ3n) is 5.51. The Labute approximate surface area is 204 Å². The van der Waals surface area contributed by atoms with Gasteiger partial charge in [-0.2, -0.15) is 8.42 Å². The van der Waals surface area contributed by atoms with Crippen molar-refractivity contribution in [2.45, 2.75) is 43.0 Å². The van der Waals surface area contributed by atoms with Gasteiger partial charge in [0.25, 0.3) is 10.1 Å². The van der Waals surface area contributed by atoms with Crippen LogP contribution in [0.5, 0.6) is 0 Å². The fourth-order valence-electron chi connectivity index (χ4n) is 3.62. The predicted octanol–water partition coefficient (Wildman–Crippen LogP) is 3.23. The van der Waals surface area contributed by atoms with Gasteiger partial charge < -0.3 is 19.3 Å². The molecule has 1 aliphatic heterocycles. The van der Waals surface area contributed by atoms with Gasteiger partial charge in [0.1, 0.15) is 24.9 Å². The molecule has 0 unspecified atom stereocenters. The largest absolute Gasteiger partial charge is 0.459 e. The maximum atomic E-state index is 13.0. The number of aryl methyl sites for hydroxylation is 1. The molecule has 3 aromatic rings. The molecule has 1 aliphatic rings. The van der Waals surface area contributed by atoms with Gasteiger partial charge in [-0.05, 0) is 36.8 Å². The van der Waals surface area contributed by atoms with Crippen molar-refractivity contribution in [2.24, 2.45) is 0 Å². The first kappa shape index (κ1) is 25.0. The van der Waals surface area contributed by atoms with Crippen molar-refractivity contribution in [3.63, 3.8) is 0 Å². The Kier molecular flexibility index (Phi) is 7.94. The number of aliphatic hydroxyl groups excluding tert-OH is 1. The van der Waals surface area contributed by atoms with E-state index >= 15 is 0 Å². The van der Waals surface area contributed by atoms with Gasteiger partial charge in [-0.25, -0.2) is 4.79 Å². The molecule has 184 valence electrons. The lowest BCUT2D eigenvalue weighted by Gasteiger charge is -2.23. The van der Waals surface area contributed by atoms with Crippen LogP contribution in [0.4, 0.5) is 0 Å². The molecule has 1 heterocycles. The van der Waals surface area contributed by atoms with E-state index in [9.17, 15) is 18.3 Å². The number of esters is 1. The highest BCUT2D eigenvalue weighted by atomic mass is 32.2. The van der Waals surface area contributed by atoms with Crippen molar-refractivity contribution in [2.75, 3.05) is 6.61 Å². The topological polar surface area (TPSA) is 108 Å². The summed E-state index contributed by atoms with van der Waals surface area (Å²) < 4.78 is 48.2. The second kappa shape index (κ2) is 11.1. The van der Waals surface area contributed by atoms with Gasteiger partial charge in [-0.15, -0.1) is 0 Å². The van der Waals surface area contributed by atoms with Crippen molar-refractivity contribution >= 4 is 16.1 Å². The van der Waals surface area contributed by atoms with Crippen molar-refractivity contribution in [1.82, 2.24) is 0 Å². The molecule has 0 aliphatic carbocycles. The van der Waals surface area contributed by atoms with Crippen LogP contribution in [0, 0.1) is 6.92 Å². The Hall–Kier alpha value is -3.08. The van der Waals surface area contributed by atoms with Crippen LogP contribution >= 0.6 is 0 Å². The van der Waals surface area contributed by atoms with E-state index in [0.717, 1.165) is 11.1 Å². The molecule has 4 atom stereocenters. The van der Waals surface area contributed by atoms with Crippen LogP contribution < -0.4 is 0 Å². The molecule has 0 spiro atoms. The lowest BCUT2D eigenvalue weighted by atomic mass is 10.1. The SMILES string of the molecule is Cc1ccc(S(=O)(=O)O[C@@H]2[C@@H](OCc3ccccc3)[C@@H](O)O[C@@H]2COC(=O)c2ccccc2)cc1. The first-order chi connectivity index (χ1) is 16.8. The quantitative estimate of drug-likeness (QED) is 0.354. The van der Waals surface area contributed by atoms with Crippen LogP contribution in [-0.4, -0.2) is 50.7 Å². The zero-order valence-corrected chi connectivity index (χ0v) is 19.8. The highest BCUT2D eigenvalue weighted by Crippen LogP contribution is 2.30. The van der Waals surface area contributed by atoms with Crippen LogP contribution in [0.15, 0.2) is 89.8 Å². The third kappa shape index (κ3) is 6.33. The standard InChI is InChI=1S/C26H26O8S/c1-18-12-14-21(15-13-18)35(29,30)34-23-22(17-32-25(27)20-10-6-3-7-11-20)33-26(28)24(23)31-16-19-8-4-2-5-9-19/h2-15,22-24,26,28H,16-17H2,1H3/t22-,23+,24-,26+/m1/s1. The molecule has 35 heavy (non-hydrogen) atoms. The van der Waals surface area contributed by atoms with Gasteiger partial charge in [0.05, 0.1) is 17.1 Å². The van der Waals surface area contributed by atoms with Gasteiger partial charge in [-0.1, -0.05) is 66.2 Å². The van der Waals surface area contributed by atoms with Gasteiger partial charge in [0.2, 0.25) is 0 Å². The number of benzene rings is 3. The third-order valence-corrected chi connectivity index (χ3v) is 6.83. The van der Waals surface area contributed by atoms with Crippen molar-refractivity contribution in [1.29, 1.82) is 0 Å². The second-order valence-corrected chi connectivity index (χ2v) is 9.69. The van der Waals surface area contributed by atoms with Crippen molar-refractivity contribution in [3.05, 3.63) is 102 Å². The lowest BCUT2D eigenvalue weighted by molar-refractivity contribution is -0.150. The molecule has 0 amide bonds. The van der Waals surface area contributed by atoms with Crippen LogP contribution in [-0.2, 0) is 35.1 Å². The van der Waals surface area contributed by atoms with Gasteiger partial charge in [-0.3, -0.25) is 4.18 Å². The van der Waals surface area contributed by atoms with E-state index in [0.29, 0.717) is 5.56 Å². The molecular weight excluding hydrogens is 472 g/mol. The minimum Gasteiger partial charge on any atom is -0.459 e. The second-order valence-electron chi connectivity index (χ2n) is 8.12. The number of hydrogen-bond donors (Lipinski definition) is 1. The summed E-state index contributed by atoms with van der Waals surface area (Å²) in [5.74, 6) is -0.613. The fourth-order valence-corrected chi connectivity index (χ4v) is 4.73. The molecule has 1 fully saturated rings. The van der Waals surface area contributed by atoms with E-state index in [4.69, 9.17) is 18.4 Å². The number of hydrogen-bond acceptors (Lipinski definition) is 8. The summed E-state index contributed by atoms with van der Waals surface area (Å²) in [7, 11) is -4.23. The van der Waals surface area contributed by atoms with E-state index in [1.807, 2.05) is 37.3 Å². The highest BCUT2D eigenvalue weighted by Gasteiger charge is 2.48. The normalized spacial score (nSPS) is 22.1. The van der Waals surface area contributed by atoms with Crippen molar-refractivity contribution in [3.8, 4) is 0 Å². The van der Waals surface area contributed by atoms with E-state index in [-0.39, 0.29) is 18.1 Å². The minimum absolute atomic E-state index is 0.0497. The maximum Gasteiger partial charge on any atom is 0.338 e. The Morgan fingerprint density at radius 3 is 2.20 bits per heavy atom. The molecule has 1 N–H and O–H groups in total. The summed E-state index contributed by atoms with van der Waals surface area (Å²) in [6.07, 6.45) is -4.98. The summed E-state index contributed by atoms with van der Waals surface area (Å²) in [5.41, 5.74) is 2.03. The smallest absolute Gasteiger partial charge is 0.338 e. The fraction of sp³-hybridized carbons (Fsp3) is 0.269. The zero-order chi connectivity index (χ0) is 24.8. The van der Waals surface area contributed by atoms with Crippen LogP contribution in [0.3, 0.4) is 0 Å². The Bertz CT molecular complexity index is 1210. The highest BCUT2D eigenvalue weighted by molar-refractivity contribution is 7.86. The zero-order valence-electron chi connectivity index (χ0n) is 19.0. The molecule has 1 saturated heterocycles. The maximum absolute atomic E-state index is 13.0. The number of rotatable bonds is 9. The van der Waals surface area contributed by atoms with Crippen LogP contribution in [0.2, 0.25) is 0 Å². The number of ether oxygens (including phenoxy) is 3. The first-order valence-electron chi connectivity index (χ1n) is 11.0. The number of carbonyl (C=O) groups is 1. The van der Waals surface area contributed by atoms with Gasteiger partial charge in [0.15, 0.2) is 6.29 Å². The molecule has 0 aromatic heterocycles. The molecule has 0 radical (unpaired) electrons. The van der Waals surface area contributed by atoms with E-state index in [1.165, 1.54) is 12.1 Å². The van der Waals surface area contributed by atoms with E-state index < -0.39 is 40.7 Å². The number of carbonyl (C=O) groups excluding carboxylic acids is 1. The van der Waals surface area contributed by atoms with E-state index in [2.05, 4.69) is 0 Å². The lowest BCUT2D eigenvalue weighted by Crippen LogP contribution is -2.40. The predicted molar refractivity (Wildman–Crippen MR) is 126 cm³/mol. The van der Waals surface area contributed by atoms with Crippen LogP contribution in [0.25, 0.3) is 0 Å². The minimum atomic E-state index is -4.23. The molecule has 0 saturated carbocycles. The monoisotopic (exact) mass is 498 g/mol. The molecule has 4 rings (SSSR count). The van der Waals surface area contributed by atoms with Crippen LogP contribution in [0.1, 0.15) is 21.5 Å². The van der Waals surface area contributed by atoms with Gasteiger partial charge >= 0.3 is 5.97 Å². The summed E-state index contributed by atoms with van der Waals surface area (Å²) in [6, 6.07) is 23.7.